The van der Waals surface area contributed by atoms with E-state index >= 15 is 0 Å². The van der Waals surface area contributed by atoms with Gasteiger partial charge in [0, 0.05) is 10.7 Å². The molecular weight excluding hydrogens is 410 g/mol. The Morgan fingerprint density at radius 1 is 1.10 bits per heavy atom. The lowest BCUT2D eigenvalue weighted by molar-refractivity contribution is -0.123. The maximum absolute atomic E-state index is 12.9. The summed E-state index contributed by atoms with van der Waals surface area (Å²) in [7, 11) is 0. The minimum atomic E-state index is -0.966. The number of ether oxygens (including phenoxy) is 1. The average molecular weight is 428 g/mol. The third-order valence-corrected chi connectivity index (χ3v) is 4.95. The largest absolute Gasteiger partial charge is 0.494 e. The summed E-state index contributed by atoms with van der Waals surface area (Å²) >= 11 is 5.88. The van der Waals surface area contributed by atoms with Gasteiger partial charge in [0.2, 0.25) is 5.91 Å². The number of fused-ring (bicyclic) bond motifs is 1. The number of imide groups is 1. The van der Waals surface area contributed by atoms with Gasteiger partial charge in [-0.25, -0.2) is 4.90 Å². The van der Waals surface area contributed by atoms with Crippen LogP contribution < -0.4 is 15.0 Å². The second-order valence-corrected chi connectivity index (χ2v) is 7.12. The van der Waals surface area contributed by atoms with Crippen LogP contribution in [-0.2, 0) is 14.4 Å². The maximum Gasteiger partial charge on any atom is 0.263 e. The van der Waals surface area contributed by atoms with Crippen molar-refractivity contribution in [3.8, 4) is 5.75 Å². The highest BCUT2D eigenvalue weighted by Gasteiger charge is 2.55. The summed E-state index contributed by atoms with van der Waals surface area (Å²) in [6.07, 6.45) is 0. The van der Waals surface area contributed by atoms with Crippen LogP contribution in [-0.4, -0.2) is 48.0 Å². The van der Waals surface area contributed by atoms with E-state index in [0.717, 1.165) is 4.90 Å². The molecule has 0 aromatic heterocycles. The predicted molar refractivity (Wildman–Crippen MR) is 109 cm³/mol. The fraction of sp³-hybridized carbons (Fsp3) is 0.250. The van der Waals surface area contributed by atoms with E-state index < -0.39 is 23.9 Å². The van der Waals surface area contributed by atoms with Crippen molar-refractivity contribution in [2.45, 2.75) is 19.0 Å². The third-order valence-electron chi connectivity index (χ3n) is 4.70. The number of anilines is 2. The number of hydrogen-bond acceptors (Lipinski definition) is 7. The van der Waals surface area contributed by atoms with Gasteiger partial charge < -0.3 is 10.1 Å². The lowest BCUT2D eigenvalue weighted by Gasteiger charge is -2.20. The Morgan fingerprint density at radius 2 is 1.80 bits per heavy atom. The molecule has 0 bridgehead atoms. The van der Waals surface area contributed by atoms with Gasteiger partial charge in [0.25, 0.3) is 11.8 Å². The van der Waals surface area contributed by atoms with Crippen molar-refractivity contribution in [3.63, 3.8) is 0 Å². The topological polar surface area (TPSA) is 104 Å². The molecule has 1 N–H and O–H groups in total. The van der Waals surface area contributed by atoms with Crippen molar-refractivity contribution in [2.24, 2.45) is 10.3 Å². The number of benzene rings is 2. The number of carbonyl (C=O) groups excluding carboxylic acids is 3. The van der Waals surface area contributed by atoms with Gasteiger partial charge in [0.1, 0.15) is 12.3 Å². The smallest absolute Gasteiger partial charge is 0.263 e. The molecule has 0 aliphatic carbocycles. The Morgan fingerprint density at radius 3 is 2.47 bits per heavy atom. The molecule has 30 heavy (non-hydrogen) atoms. The molecule has 10 heteroatoms. The van der Waals surface area contributed by atoms with Gasteiger partial charge in [-0.15, -0.1) is 0 Å². The monoisotopic (exact) mass is 427 g/mol. The highest BCUT2D eigenvalue weighted by Crippen LogP contribution is 2.32. The van der Waals surface area contributed by atoms with Gasteiger partial charge >= 0.3 is 0 Å². The van der Waals surface area contributed by atoms with E-state index in [1.54, 1.807) is 48.5 Å². The van der Waals surface area contributed by atoms with Crippen LogP contribution in [0.25, 0.3) is 0 Å². The summed E-state index contributed by atoms with van der Waals surface area (Å²) < 4.78 is 5.37. The minimum Gasteiger partial charge on any atom is -0.494 e. The van der Waals surface area contributed by atoms with Crippen molar-refractivity contribution in [2.75, 3.05) is 23.4 Å². The summed E-state index contributed by atoms with van der Waals surface area (Å²) in [5.74, 6) is -0.648. The number of nitrogens with zero attached hydrogens (tertiary/aromatic N) is 4. The Balaban J connectivity index is 1.43. The van der Waals surface area contributed by atoms with E-state index in [4.69, 9.17) is 16.3 Å². The molecule has 2 aromatic carbocycles. The van der Waals surface area contributed by atoms with Gasteiger partial charge in [0.05, 0.1) is 12.3 Å². The molecule has 9 nitrogen and oxygen atoms in total. The fourth-order valence-electron chi connectivity index (χ4n) is 3.35. The maximum atomic E-state index is 12.9. The van der Waals surface area contributed by atoms with Gasteiger partial charge in [-0.3, -0.25) is 19.4 Å². The molecular formula is C20H18ClN5O4. The average Bonchev–Trinajstić information content (AvgIpc) is 3.24. The molecule has 2 aliphatic heterocycles. The second kappa shape index (κ2) is 8.11. The van der Waals surface area contributed by atoms with E-state index in [9.17, 15) is 14.4 Å². The van der Waals surface area contributed by atoms with Gasteiger partial charge in [-0.05, 0) is 55.5 Å². The quantitative estimate of drug-likeness (QED) is 0.714. The zero-order valence-corrected chi connectivity index (χ0v) is 16.7. The van der Waals surface area contributed by atoms with E-state index in [1.807, 2.05) is 6.92 Å². The van der Waals surface area contributed by atoms with Crippen molar-refractivity contribution in [3.05, 3.63) is 53.6 Å². The van der Waals surface area contributed by atoms with Crippen molar-refractivity contribution in [1.29, 1.82) is 0 Å². The normalized spacial score (nSPS) is 19.9. The molecule has 1 fully saturated rings. The Labute approximate surface area is 177 Å². The molecule has 1 saturated heterocycles. The van der Waals surface area contributed by atoms with Crippen molar-refractivity contribution in [1.82, 2.24) is 5.01 Å². The summed E-state index contributed by atoms with van der Waals surface area (Å²) in [6.45, 7) is 2.22. The molecule has 2 atom stereocenters. The number of amides is 3. The standard InChI is InChI=1S/C20H18ClN5O4/c1-2-30-15-9-5-13(6-10-15)22-16(27)11-25-18-17(23-24-25)19(28)26(20(18)29)14-7-3-12(21)4-8-14/h3-10,17-18H,2,11H2,1H3,(H,22,27)/t17-,18-/m0/s1. The highest BCUT2D eigenvalue weighted by molar-refractivity contribution is 6.31. The SMILES string of the molecule is CCOc1ccc(NC(=O)CN2N=N[C@@H]3C(=O)N(c4ccc(Cl)cc4)C(=O)[C@H]32)cc1. The first-order valence-corrected chi connectivity index (χ1v) is 9.69. The molecule has 2 aliphatic rings. The molecule has 0 unspecified atom stereocenters. The van der Waals surface area contributed by atoms with E-state index in [2.05, 4.69) is 15.7 Å². The highest BCUT2D eigenvalue weighted by atomic mass is 35.5. The molecule has 0 saturated carbocycles. The third kappa shape index (κ3) is 3.71. The van der Waals surface area contributed by atoms with Crippen LogP contribution in [0.2, 0.25) is 5.02 Å². The number of hydrogen-bond donors (Lipinski definition) is 1. The zero-order valence-electron chi connectivity index (χ0n) is 16.0. The Kier molecular flexibility index (Phi) is 5.37. The molecule has 2 aromatic rings. The summed E-state index contributed by atoms with van der Waals surface area (Å²) in [5, 5.41) is 12.2. The molecule has 3 amide bonds. The molecule has 154 valence electrons. The van der Waals surface area contributed by atoms with Gasteiger partial charge in [-0.1, -0.05) is 16.8 Å². The van der Waals surface area contributed by atoms with Crippen LogP contribution in [0.4, 0.5) is 11.4 Å². The van der Waals surface area contributed by atoms with Crippen LogP contribution in [0, 0.1) is 0 Å². The van der Waals surface area contributed by atoms with Crippen LogP contribution in [0.3, 0.4) is 0 Å². The number of rotatable bonds is 6. The number of carbonyl (C=O) groups is 3. The predicted octanol–water partition coefficient (Wildman–Crippen LogP) is 2.67. The zero-order chi connectivity index (χ0) is 21.3. The number of halogens is 1. The number of nitrogens with one attached hydrogen (secondary N) is 1. The second-order valence-electron chi connectivity index (χ2n) is 6.69. The minimum absolute atomic E-state index is 0.217. The van der Waals surface area contributed by atoms with Crippen LogP contribution in [0.15, 0.2) is 58.9 Å². The molecule has 0 radical (unpaired) electrons. The molecule has 4 rings (SSSR count). The van der Waals surface area contributed by atoms with Crippen molar-refractivity contribution < 1.29 is 19.1 Å². The molecule has 0 spiro atoms. The van der Waals surface area contributed by atoms with Crippen LogP contribution in [0.5, 0.6) is 5.75 Å². The van der Waals surface area contributed by atoms with E-state index in [-0.39, 0.29) is 12.5 Å². The van der Waals surface area contributed by atoms with Crippen LogP contribution in [0.1, 0.15) is 6.92 Å². The summed E-state index contributed by atoms with van der Waals surface area (Å²) in [4.78, 5) is 39.1. The first-order chi connectivity index (χ1) is 14.5. The van der Waals surface area contributed by atoms with E-state index in [0.29, 0.717) is 28.8 Å². The summed E-state index contributed by atoms with van der Waals surface area (Å²) in [5.41, 5.74) is 0.977. The first kappa shape index (κ1) is 19.8. The van der Waals surface area contributed by atoms with Gasteiger partial charge in [0.15, 0.2) is 12.1 Å². The Hall–Kier alpha value is -3.46. The van der Waals surface area contributed by atoms with Crippen molar-refractivity contribution >= 4 is 40.7 Å². The Bertz CT molecular complexity index is 1010. The summed E-state index contributed by atoms with van der Waals surface area (Å²) in [6, 6.07) is 11.4. The first-order valence-electron chi connectivity index (χ1n) is 9.31. The lowest BCUT2D eigenvalue weighted by atomic mass is 10.1. The lowest BCUT2D eigenvalue weighted by Crippen LogP contribution is -2.43. The van der Waals surface area contributed by atoms with E-state index in [1.165, 1.54) is 5.01 Å². The van der Waals surface area contributed by atoms with Crippen LogP contribution >= 0.6 is 11.6 Å². The van der Waals surface area contributed by atoms with Gasteiger partial charge in [-0.2, -0.15) is 5.11 Å². The molecule has 2 heterocycles. The fourth-order valence-corrected chi connectivity index (χ4v) is 3.47.